The van der Waals surface area contributed by atoms with Crippen LogP contribution >= 0.6 is 30.6 Å². The monoisotopic (exact) mass is 844 g/mol. The van der Waals surface area contributed by atoms with E-state index in [-0.39, 0.29) is 0 Å². The van der Waals surface area contributed by atoms with Gasteiger partial charge in [-0.25, -0.2) is 0 Å². The van der Waals surface area contributed by atoms with E-state index in [0.717, 1.165) is 22.3 Å². The summed E-state index contributed by atoms with van der Waals surface area (Å²) < 4.78 is 76.9. The molecule has 4 aromatic rings. The van der Waals surface area contributed by atoms with Crippen LogP contribution in [0.5, 0.6) is 23.0 Å². The molecule has 0 aliphatic carbocycles. The summed E-state index contributed by atoms with van der Waals surface area (Å²) in [5.41, 5.74) is 3.83. The van der Waals surface area contributed by atoms with Crippen LogP contribution in [-0.4, -0.2) is 24.4 Å². The Labute approximate surface area is 333 Å². The van der Waals surface area contributed by atoms with Crippen LogP contribution in [0, 0.1) is 27.7 Å². The van der Waals surface area contributed by atoms with E-state index in [9.17, 15) is 0 Å². The van der Waals surface area contributed by atoms with Crippen molar-refractivity contribution < 1.29 is 36.2 Å². The van der Waals surface area contributed by atoms with Gasteiger partial charge in [0.05, 0.1) is 24.4 Å². The first-order valence-electron chi connectivity index (χ1n) is 18.7. The van der Waals surface area contributed by atoms with E-state index < -0.39 is 55.1 Å². The molecule has 4 aromatic carbocycles. The van der Waals surface area contributed by atoms with Crippen molar-refractivity contribution in [2.24, 2.45) is 18.1 Å². The van der Waals surface area contributed by atoms with Crippen LogP contribution in [0.4, 0.5) is 0 Å². The molecule has 0 N–H and O–H groups in total. The van der Waals surface area contributed by atoms with Gasteiger partial charge in [0.25, 0.3) is 0 Å². The van der Waals surface area contributed by atoms with Crippen LogP contribution in [0.1, 0.15) is 77.6 Å². The number of nitrogens with zero attached hydrogens (tertiary/aromatic N) is 4. The van der Waals surface area contributed by atoms with E-state index in [0.29, 0.717) is 23.0 Å². The number of benzene rings is 4. The van der Waals surface area contributed by atoms with Crippen LogP contribution in [-0.2, 0) is 18.1 Å². The van der Waals surface area contributed by atoms with Crippen LogP contribution in [0.3, 0.4) is 0 Å². The molecule has 0 aromatic heterocycles. The van der Waals surface area contributed by atoms with E-state index in [1.807, 2.05) is 180 Å². The zero-order valence-corrected chi connectivity index (χ0v) is 38.0. The smallest absolute Gasteiger partial charge is 0.404 e. The molecule has 0 atom stereocenters. The minimum Gasteiger partial charge on any atom is -0.422 e. The number of rotatable bonds is 16. The fourth-order valence-electron chi connectivity index (χ4n) is 5.38. The van der Waals surface area contributed by atoms with Crippen molar-refractivity contribution in [3.05, 3.63) is 119 Å². The molecule has 0 saturated carbocycles. The van der Waals surface area contributed by atoms with Crippen molar-refractivity contribution in [1.29, 1.82) is 0 Å². The first-order valence-corrected chi connectivity index (χ1v) is 24.8. The molecular weight excluding hydrogens is 788 g/mol. The molecule has 0 radical (unpaired) electrons. The second kappa shape index (κ2) is 18.6. The summed E-state index contributed by atoms with van der Waals surface area (Å²) in [6, 6.07) is 30.3. The number of hydrogen-bond donors (Lipinski definition) is 0. The van der Waals surface area contributed by atoms with Crippen LogP contribution in [0.25, 0.3) is 0 Å². The first kappa shape index (κ1) is 44.0. The summed E-state index contributed by atoms with van der Waals surface area (Å²) in [7, 11) is -16.1. The van der Waals surface area contributed by atoms with E-state index in [1.54, 1.807) is 0 Å². The summed E-state index contributed by atoms with van der Waals surface area (Å²) in [6.07, 6.45) is -1.85. The lowest BCUT2D eigenvalue weighted by atomic mass is 10.2. The Morgan fingerprint density at radius 3 is 0.696 bits per heavy atom. The predicted molar refractivity (Wildman–Crippen MR) is 230 cm³/mol. The molecule has 0 saturated heterocycles. The average molecular weight is 845 g/mol. The lowest BCUT2D eigenvalue weighted by Crippen LogP contribution is -2.13. The third kappa shape index (κ3) is 12.4. The van der Waals surface area contributed by atoms with Gasteiger partial charge in [-0.05, 0) is 154 Å². The van der Waals surface area contributed by atoms with E-state index in [1.165, 1.54) is 0 Å². The maximum Gasteiger partial charge on any atom is 0.404 e. The molecule has 12 nitrogen and oxygen atoms in total. The lowest BCUT2D eigenvalue weighted by Gasteiger charge is -2.35. The van der Waals surface area contributed by atoms with Gasteiger partial charge in [-0.3, -0.25) is 18.1 Å². The molecular formula is C40H56N4O8P4. The SMILES string of the molecule is Cc1cccc(OP2(OC(C)C)=NP(Oc3cccc(C)c3)(OC(C)C)=NP(Oc3cccc(C)c3)(OC(C)C)=NP(Oc3cccc(C)c3)(OC(C)C)=N2)c1. The summed E-state index contributed by atoms with van der Waals surface area (Å²) >= 11 is 0. The highest BCUT2D eigenvalue weighted by Gasteiger charge is 2.47. The van der Waals surface area contributed by atoms with Crippen molar-refractivity contribution in [3.8, 4) is 23.0 Å². The van der Waals surface area contributed by atoms with Gasteiger partial charge in [0, 0.05) is 0 Å². The minimum atomic E-state index is -4.03. The molecule has 16 heteroatoms. The molecule has 0 amide bonds. The summed E-state index contributed by atoms with van der Waals surface area (Å²) in [5.74, 6) is 1.83. The largest absolute Gasteiger partial charge is 0.422 e. The van der Waals surface area contributed by atoms with E-state index in [4.69, 9.17) is 54.3 Å². The number of hydrogen-bond acceptors (Lipinski definition) is 12. The van der Waals surface area contributed by atoms with Crippen molar-refractivity contribution in [2.75, 3.05) is 0 Å². The van der Waals surface area contributed by atoms with Crippen LogP contribution in [0.2, 0.25) is 0 Å². The van der Waals surface area contributed by atoms with Crippen molar-refractivity contribution in [3.63, 3.8) is 0 Å². The fourth-order valence-corrected chi connectivity index (χ4v) is 18.3. The highest BCUT2D eigenvalue weighted by molar-refractivity contribution is 7.79. The standard InChI is InChI=1S/C40H56N4O8P4/c1-29(2)45-53(49-37-21-13-17-33(9)25-37)41-54(46-30(3)4,50-38-22-14-18-34(10)26-38)43-56(48-32(7)8,52-40-24-16-20-36(12)28-40)44-55(42-53,47-31(5)6)51-39-23-15-19-35(11)27-39/h13-32H,1-12H3. The highest BCUT2D eigenvalue weighted by Crippen LogP contribution is 2.80. The van der Waals surface area contributed by atoms with Crippen molar-refractivity contribution in [1.82, 2.24) is 0 Å². The minimum absolute atomic E-state index is 0.457. The van der Waals surface area contributed by atoms with Gasteiger partial charge in [-0.2, -0.15) is 0 Å². The second-order valence-electron chi connectivity index (χ2n) is 14.6. The quantitative estimate of drug-likeness (QED) is 0.102. The molecule has 5 rings (SSSR count). The Balaban J connectivity index is 2.05. The zero-order valence-electron chi connectivity index (χ0n) is 34.4. The van der Waals surface area contributed by atoms with Gasteiger partial charge < -0.3 is 18.1 Å². The Morgan fingerprint density at radius 1 is 0.339 bits per heavy atom. The highest BCUT2D eigenvalue weighted by atomic mass is 31.3. The summed E-state index contributed by atoms with van der Waals surface area (Å²) in [6.45, 7) is 23.0. The van der Waals surface area contributed by atoms with E-state index in [2.05, 4.69) is 0 Å². The van der Waals surface area contributed by atoms with Crippen LogP contribution in [0.15, 0.2) is 115 Å². The van der Waals surface area contributed by atoms with Crippen LogP contribution < -0.4 is 18.1 Å². The van der Waals surface area contributed by atoms with Gasteiger partial charge in [-0.1, -0.05) is 48.5 Å². The zero-order chi connectivity index (χ0) is 40.7. The van der Waals surface area contributed by atoms with Crippen molar-refractivity contribution >= 4 is 30.6 Å². The van der Waals surface area contributed by atoms with Crippen molar-refractivity contribution in [2.45, 2.75) is 108 Å². The maximum absolute atomic E-state index is 6.95. The third-order valence-electron chi connectivity index (χ3n) is 7.15. The number of aryl methyl sites for hydroxylation is 4. The fraction of sp³-hybridized carbons (Fsp3) is 0.400. The van der Waals surface area contributed by atoms with Gasteiger partial charge in [0.1, 0.15) is 23.0 Å². The molecule has 0 spiro atoms. The third-order valence-corrected chi connectivity index (χ3v) is 19.0. The van der Waals surface area contributed by atoms with Gasteiger partial charge in [0.2, 0.25) is 0 Å². The summed E-state index contributed by atoms with van der Waals surface area (Å²) in [5, 5.41) is 0. The Bertz CT molecular complexity index is 1890. The maximum atomic E-state index is 6.95. The molecule has 56 heavy (non-hydrogen) atoms. The summed E-state index contributed by atoms with van der Waals surface area (Å²) in [4.78, 5) is 0. The Hall–Kier alpha value is -3.16. The predicted octanol–water partition coefficient (Wildman–Crippen LogP) is 15.0. The lowest BCUT2D eigenvalue weighted by molar-refractivity contribution is 0.220. The van der Waals surface area contributed by atoms with Gasteiger partial charge in [0.15, 0.2) is 0 Å². The molecule has 0 unspecified atom stereocenters. The molecule has 0 bridgehead atoms. The molecule has 0 fully saturated rings. The second-order valence-corrected chi connectivity index (χ2v) is 22.9. The van der Waals surface area contributed by atoms with E-state index >= 15 is 0 Å². The Kier molecular flexibility index (Phi) is 14.6. The molecule has 1 heterocycles. The first-order chi connectivity index (χ1) is 26.4. The molecule has 1 aliphatic rings. The topological polar surface area (TPSA) is 123 Å². The average Bonchev–Trinajstić information content (AvgIpc) is 3.02. The van der Waals surface area contributed by atoms with Gasteiger partial charge in [-0.15, -0.1) is 18.1 Å². The normalized spacial score (nSPS) is 23.7. The van der Waals surface area contributed by atoms with Gasteiger partial charge >= 0.3 is 30.6 Å². The molecule has 304 valence electrons. The molecule has 1 aliphatic heterocycles. The Morgan fingerprint density at radius 2 is 0.536 bits per heavy atom.